The van der Waals surface area contributed by atoms with E-state index >= 15 is 0 Å². The van der Waals surface area contributed by atoms with Crippen LogP contribution < -0.4 is 34.6 Å². The number of rotatable bonds is 19. The molecule has 1 saturated carbocycles. The molecule has 82 heavy (non-hydrogen) atoms. The van der Waals surface area contributed by atoms with E-state index in [4.69, 9.17) is 24.0 Å². The van der Waals surface area contributed by atoms with Crippen LogP contribution in [0, 0.1) is 18.8 Å². The molecule has 11 rings (SSSR count). The van der Waals surface area contributed by atoms with Gasteiger partial charge in [0.2, 0.25) is 11.8 Å². The van der Waals surface area contributed by atoms with Crippen molar-refractivity contribution in [2.45, 2.75) is 122 Å². The fraction of sp³-hybridized carbons (Fsp3) is 0.365. The molecular formula is C63H62N6O13. The van der Waals surface area contributed by atoms with E-state index in [1.54, 1.807) is 35.2 Å². The number of imide groups is 1. The number of nitrogens with zero attached hydrogens (tertiary/aromatic N) is 4. The van der Waals surface area contributed by atoms with Crippen molar-refractivity contribution in [2.75, 3.05) is 28.8 Å². The zero-order valence-electron chi connectivity index (χ0n) is 45.7. The maximum atomic E-state index is 14.2. The summed E-state index contributed by atoms with van der Waals surface area (Å²) >= 11 is 0. The van der Waals surface area contributed by atoms with Crippen LogP contribution in [0.5, 0.6) is 17.2 Å². The molecule has 0 spiro atoms. The van der Waals surface area contributed by atoms with Crippen LogP contribution in [0.1, 0.15) is 125 Å². The zero-order valence-corrected chi connectivity index (χ0v) is 45.7. The molecule has 422 valence electrons. The Morgan fingerprint density at radius 3 is 1.99 bits per heavy atom. The number of anilines is 3. The number of hydrogen-bond donors (Lipinski definition) is 2. The van der Waals surface area contributed by atoms with Crippen molar-refractivity contribution in [3.05, 3.63) is 136 Å². The summed E-state index contributed by atoms with van der Waals surface area (Å²) in [5.74, 6) is -3.04. The van der Waals surface area contributed by atoms with Gasteiger partial charge < -0.3 is 34.6 Å². The molecular weight excluding hydrogens is 1050 g/mol. The van der Waals surface area contributed by atoms with Crippen molar-refractivity contribution in [2.24, 2.45) is 16.8 Å². The number of para-hydroxylation sites is 2. The SMILES string of the molecule is COc1cc2c(cc1OCc1cc(COc3cc4c(cc3C)C(=O)N3c5ccccc5C[C@H]3C=N4)cc(NC(=O)CCC(=O)CNC(=O)CCC(=O)C3CCC(C(=O)ON4C(=O)CCC4=O)CC3)c1)CC[C@@H]1Cc3ccccc3N1C2=O. The summed E-state index contributed by atoms with van der Waals surface area (Å²) in [6.45, 7) is 1.62. The highest BCUT2D eigenvalue weighted by atomic mass is 16.7. The lowest BCUT2D eigenvalue weighted by Gasteiger charge is -2.27. The highest BCUT2D eigenvalue weighted by Crippen LogP contribution is 2.42. The molecule has 0 aromatic heterocycles. The van der Waals surface area contributed by atoms with E-state index in [0.29, 0.717) is 94.5 Å². The topological polar surface area (TPSA) is 237 Å². The number of fused-ring (bicyclic) bond motifs is 8. The number of aliphatic imine (C=N–C) groups is 1. The smallest absolute Gasteiger partial charge is 0.336 e. The second-order valence-corrected chi connectivity index (χ2v) is 21.8. The number of methoxy groups -OCH3 is 1. The van der Waals surface area contributed by atoms with Crippen LogP contribution in [0.2, 0.25) is 0 Å². The van der Waals surface area contributed by atoms with Crippen molar-refractivity contribution in [1.29, 1.82) is 0 Å². The maximum absolute atomic E-state index is 14.2. The molecule has 5 aromatic carbocycles. The number of nitrogens with one attached hydrogen (secondary N) is 2. The monoisotopic (exact) mass is 1110 g/mol. The zero-order chi connectivity index (χ0) is 57.2. The van der Waals surface area contributed by atoms with E-state index in [1.165, 1.54) is 7.11 Å². The number of Topliss-reactive ketones (excluding diaryl/α,β-unsaturated/α-hetero) is 2. The largest absolute Gasteiger partial charge is 0.493 e. The van der Waals surface area contributed by atoms with Crippen LogP contribution in [0.25, 0.3) is 0 Å². The molecule has 0 unspecified atom stereocenters. The standard InChI is InChI=1S/C63H62N6O13/c1-36-23-49-50(64-32-46-28-43-8-4-6-10-52(43)68(46)62(49)77)31-54(36)80-34-37-24-38(35-81-56-29-41-15-16-45-27-42-7-3-5-9-51(42)67(45)61(76)48(41)30-55(56)79-2)26-44(25-37)66-58(73)19-17-47(70)33-65-57(72)20-18-53(71)39-11-13-40(14-12-39)63(78)82-69-59(74)21-22-60(69)75/h3-10,23-26,29-32,39-40,45-46H,11-22,27-28,33-35H2,1-2H3,(H,65,72)(H,66,73)/t39?,40?,45-,46+/m1/s1. The second-order valence-electron chi connectivity index (χ2n) is 21.8. The molecule has 19 nitrogen and oxygen atoms in total. The van der Waals surface area contributed by atoms with Crippen LogP contribution >= 0.6 is 0 Å². The molecule has 5 aliphatic heterocycles. The Kier molecular flexibility index (Phi) is 15.8. The first-order valence-electron chi connectivity index (χ1n) is 28.0. The number of amides is 6. The van der Waals surface area contributed by atoms with Crippen LogP contribution in [0.4, 0.5) is 22.7 Å². The number of hydrogen-bond acceptors (Lipinski definition) is 14. The highest BCUT2D eigenvalue weighted by molar-refractivity contribution is 6.15. The van der Waals surface area contributed by atoms with Gasteiger partial charge >= 0.3 is 5.97 Å². The van der Waals surface area contributed by atoms with Gasteiger partial charge in [0.15, 0.2) is 17.3 Å². The molecule has 19 heteroatoms. The van der Waals surface area contributed by atoms with E-state index in [9.17, 15) is 43.2 Å². The first-order chi connectivity index (χ1) is 39.7. The van der Waals surface area contributed by atoms with Gasteiger partial charge in [0.05, 0.1) is 36.9 Å². The Bertz CT molecular complexity index is 3480. The first kappa shape index (κ1) is 54.9. The summed E-state index contributed by atoms with van der Waals surface area (Å²) in [6.07, 6.45) is 5.61. The minimum absolute atomic E-state index is 0.00351. The number of ether oxygens (including phenoxy) is 3. The normalized spacial score (nSPS) is 19.4. The van der Waals surface area contributed by atoms with Crippen LogP contribution in [0.15, 0.2) is 96.0 Å². The van der Waals surface area contributed by atoms with Gasteiger partial charge in [-0.25, -0.2) is 4.79 Å². The van der Waals surface area contributed by atoms with Crippen molar-refractivity contribution < 1.29 is 62.2 Å². The summed E-state index contributed by atoms with van der Waals surface area (Å²) in [7, 11) is 1.53. The van der Waals surface area contributed by atoms with Gasteiger partial charge in [-0.3, -0.25) is 48.2 Å². The van der Waals surface area contributed by atoms with Gasteiger partial charge in [-0.2, -0.15) is 0 Å². The fourth-order valence-corrected chi connectivity index (χ4v) is 12.0. The molecule has 5 aromatic rings. The molecule has 0 radical (unpaired) electrons. The molecule has 1 aliphatic carbocycles. The summed E-state index contributed by atoms with van der Waals surface area (Å²) in [5.41, 5.74) is 8.89. The van der Waals surface area contributed by atoms with Crippen molar-refractivity contribution >= 4 is 81.9 Å². The van der Waals surface area contributed by atoms with E-state index in [0.717, 1.165) is 46.5 Å². The molecule has 2 N–H and O–H groups in total. The number of hydroxylamine groups is 2. The molecule has 6 amide bonds. The molecule has 6 aliphatic rings. The highest BCUT2D eigenvalue weighted by Gasteiger charge is 2.40. The van der Waals surface area contributed by atoms with Crippen LogP contribution in [-0.4, -0.2) is 90.0 Å². The first-order valence-corrected chi connectivity index (χ1v) is 28.0. The van der Waals surface area contributed by atoms with Gasteiger partial charge in [0.1, 0.15) is 24.7 Å². The van der Waals surface area contributed by atoms with Crippen LogP contribution in [0.3, 0.4) is 0 Å². The third-order valence-electron chi connectivity index (χ3n) is 16.3. The fourth-order valence-electron chi connectivity index (χ4n) is 12.0. The number of ketones is 2. The van der Waals surface area contributed by atoms with Gasteiger partial charge in [-0.1, -0.05) is 36.4 Å². The Morgan fingerprint density at radius 1 is 0.622 bits per heavy atom. The molecule has 5 heterocycles. The van der Waals surface area contributed by atoms with Gasteiger partial charge in [0.25, 0.3) is 23.6 Å². The average Bonchev–Trinajstić information content (AvgIpc) is 2.99. The van der Waals surface area contributed by atoms with Crippen molar-refractivity contribution in [3.63, 3.8) is 0 Å². The van der Waals surface area contributed by atoms with E-state index in [1.807, 2.05) is 72.6 Å². The van der Waals surface area contributed by atoms with E-state index in [-0.39, 0.29) is 99.7 Å². The maximum Gasteiger partial charge on any atom is 0.336 e. The lowest BCUT2D eigenvalue weighted by atomic mass is 9.79. The minimum Gasteiger partial charge on any atom is -0.493 e. The second kappa shape index (κ2) is 23.6. The predicted molar refractivity (Wildman–Crippen MR) is 300 cm³/mol. The van der Waals surface area contributed by atoms with Gasteiger partial charge in [-0.15, -0.1) is 5.06 Å². The van der Waals surface area contributed by atoms with Gasteiger partial charge in [-0.05, 0) is 134 Å². The summed E-state index contributed by atoms with van der Waals surface area (Å²) < 4.78 is 18.7. The third kappa shape index (κ3) is 11.6. The van der Waals surface area contributed by atoms with E-state index < -0.39 is 35.5 Å². The molecule has 0 bridgehead atoms. The van der Waals surface area contributed by atoms with E-state index in [2.05, 4.69) is 16.7 Å². The number of carbonyl (C=O) groups is 9. The van der Waals surface area contributed by atoms with Gasteiger partial charge in [0, 0.05) is 91.8 Å². The Hall–Kier alpha value is -9.00. The summed E-state index contributed by atoms with van der Waals surface area (Å²) in [6, 6.07) is 28.3. The molecule has 2 atom stereocenters. The Morgan fingerprint density at radius 2 is 1.27 bits per heavy atom. The molecule has 2 fully saturated rings. The van der Waals surface area contributed by atoms with Crippen LogP contribution in [-0.2, 0) is 70.9 Å². The summed E-state index contributed by atoms with van der Waals surface area (Å²) in [5, 5.41) is 5.99. The number of benzene rings is 5. The lowest BCUT2D eigenvalue weighted by Crippen LogP contribution is -2.37. The minimum atomic E-state index is -0.674. The Balaban J connectivity index is 0.720. The number of aryl methyl sites for hydroxylation is 2. The predicted octanol–water partition coefficient (Wildman–Crippen LogP) is 8.13. The quantitative estimate of drug-likeness (QED) is 0.0744. The number of carbonyl (C=O) groups excluding carboxylic acids is 9. The molecule has 1 saturated heterocycles. The summed E-state index contributed by atoms with van der Waals surface area (Å²) in [4.78, 5) is 130. The van der Waals surface area contributed by atoms with Crippen molar-refractivity contribution in [3.8, 4) is 17.2 Å². The lowest BCUT2D eigenvalue weighted by molar-refractivity contribution is -0.201. The average molecular weight is 1110 g/mol. The third-order valence-corrected chi connectivity index (χ3v) is 16.3. The Labute approximate surface area is 473 Å². The van der Waals surface area contributed by atoms with Crippen molar-refractivity contribution in [1.82, 2.24) is 10.4 Å².